The van der Waals surface area contributed by atoms with E-state index in [0.29, 0.717) is 22.4 Å². The fourth-order valence-electron chi connectivity index (χ4n) is 6.55. The third-order valence-electron chi connectivity index (χ3n) is 9.04. The number of hydrogen-bond donors (Lipinski definition) is 2. The molecule has 52 heavy (non-hydrogen) atoms. The molecule has 0 unspecified atom stereocenters. The summed E-state index contributed by atoms with van der Waals surface area (Å²) in [5.74, 6) is 0.833. The number of allylic oxidation sites excluding steroid dienone is 2. The van der Waals surface area contributed by atoms with Crippen LogP contribution >= 0.6 is 0 Å². The van der Waals surface area contributed by atoms with Crippen molar-refractivity contribution < 1.29 is 4.42 Å². The molecule has 1 heterocycles. The van der Waals surface area contributed by atoms with Crippen LogP contribution in [0.1, 0.15) is 40.0 Å². The van der Waals surface area contributed by atoms with Crippen LogP contribution < -0.4 is 5.73 Å². The predicted molar refractivity (Wildman–Crippen MR) is 213 cm³/mol. The first-order valence-electron chi connectivity index (χ1n) is 17.2. The lowest BCUT2D eigenvalue weighted by Gasteiger charge is -2.16. The Labute approximate surface area is 305 Å². The Bertz CT molecular complexity index is 2460. The van der Waals surface area contributed by atoms with Crippen molar-refractivity contribution in [2.45, 2.75) is 19.8 Å². The standard InChI is InChI=1S/C39H25N3O.C7H8.CH5N/c40-23-28-11-4-6-13-31(28)30-21-34(32-14-7-5-12-29(32)24-41)39-35(22-30)37-33(15-8-16-36(37)43-39)38(42)27-19-17-26(18-20-27)25-9-2-1-3-10-25;1-7-5-3-2-4-6-7;1-2/h1-7,9-15,17-22,42H,8,16H2;2-6H,1H3;2H2,1H3. The average molecular weight is 675 g/mol. The molecule has 5 heteroatoms. The van der Waals surface area contributed by atoms with E-state index in [1.807, 2.05) is 97.1 Å². The van der Waals surface area contributed by atoms with E-state index in [1.165, 1.54) is 12.6 Å². The molecule has 3 N–H and O–H groups in total. The topological polar surface area (TPSA) is 111 Å². The van der Waals surface area contributed by atoms with Crippen molar-refractivity contribution in [1.82, 2.24) is 0 Å². The van der Waals surface area contributed by atoms with Crippen molar-refractivity contribution in [1.29, 1.82) is 15.9 Å². The molecule has 0 bridgehead atoms. The number of furan rings is 1. The van der Waals surface area contributed by atoms with E-state index in [-0.39, 0.29) is 0 Å². The van der Waals surface area contributed by atoms with Crippen molar-refractivity contribution >= 4 is 22.3 Å². The molecule has 6 aromatic carbocycles. The SMILES string of the molecule is CN.Cc1ccccc1.N#Cc1ccccc1-c1cc(-c2ccccc2C#N)c2oc3c(c2c1)C(C(=N)c1ccc(-c2ccccc2)cc1)=CCC3. The summed E-state index contributed by atoms with van der Waals surface area (Å²) in [6.45, 7) is 2.08. The third kappa shape index (κ3) is 7.23. The Hall–Kier alpha value is -6.79. The normalized spacial score (nSPS) is 11.4. The molecule has 1 aromatic heterocycles. The molecule has 5 nitrogen and oxygen atoms in total. The van der Waals surface area contributed by atoms with Gasteiger partial charge in [-0.2, -0.15) is 10.5 Å². The highest BCUT2D eigenvalue weighted by atomic mass is 16.3. The zero-order valence-electron chi connectivity index (χ0n) is 29.2. The highest BCUT2D eigenvalue weighted by Gasteiger charge is 2.27. The summed E-state index contributed by atoms with van der Waals surface area (Å²) in [4.78, 5) is 0. The van der Waals surface area contributed by atoms with Gasteiger partial charge in [0.1, 0.15) is 11.3 Å². The molecule has 0 fully saturated rings. The van der Waals surface area contributed by atoms with Gasteiger partial charge in [-0.25, -0.2) is 0 Å². The first-order valence-corrected chi connectivity index (χ1v) is 17.2. The Morgan fingerprint density at radius 2 is 1.19 bits per heavy atom. The molecule has 0 amide bonds. The van der Waals surface area contributed by atoms with Crippen molar-refractivity contribution in [2.75, 3.05) is 7.05 Å². The van der Waals surface area contributed by atoms with E-state index < -0.39 is 0 Å². The monoisotopic (exact) mass is 674 g/mol. The molecule has 0 aliphatic heterocycles. The number of nitrogens with two attached hydrogens (primary N) is 1. The Morgan fingerprint density at radius 1 is 0.635 bits per heavy atom. The van der Waals surface area contributed by atoms with Crippen LogP contribution in [0.15, 0.2) is 156 Å². The molecule has 0 atom stereocenters. The van der Waals surface area contributed by atoms with Gasteiger partial charge in [-0.3, -0.25) is 5.41 Å². The van der Waals surface area contributed by atoms with E-state index in [9.17, 15) is 15.9 Å². The summed E-state index contributed by atoms with van der Waals surface area (Å²) in [6.07, 6.45) is 3.61. The molecule has 252 valence electrons. The quantitative estimate of drug-likeness (QED) is 0.177. The number of benzene rings is 6. The van der Waals surface area contributed by atoms with Gasteiger partial charge in [0.25, 0.3) is 0 Å². The smallest absolute Gasteiger partial charge is 0.142 e. The number of aryl methyl sites for hydroxylation is 2. The second-order valence-corrected chi connectivity index (χ2v) is 12.2. The van der Waals surface area contributed by atoms with Gasteiger partial charge in [-0.15, -0.1) is 0 Å². The van der Waals surface area contributed by atoms with Crippen molar-refractivity contribution in [3.63, 3.8) is 0 Å². The fourth-order valence-corrected chi connectivity index (χ4v) is 6.55. The Balaban J connectivity index is 0.000000458. The molecule has 7 aromatic rings. The zero-order chi connectivity index (χ0) is 36.5. The molecular weight excluding hydrogens is 637 g/mol. The van der Waals surface area contributed by atoms with Crippen LogP contribution in [-0.2, 0) is 6.42 Å². The molecule has 1 aliphatic rings. The lowest BCUT2D eigenvalue weighted by molar-refractivity contribution is 0.546. The summed E-state index contributed by atoms with van der Waals surface area (Å²) >= 11 is 0. The average Bonchev–Trinajstić information content (AvgIpc) is 3.61. The van der Waals surface area contributed by atoms with Crippen LogP contribution in [0.5, 0.6) is 0 Å². The first kappa shape index (κ1) is 35.1. The van der Waals surface area contributed by atoms with E-state index >= 15 is 0 Å². The van der Waals surface area contributed by atoms with Gasteiger partial charge >= 0.3 is 0 Å². The van der Waals surface area contributed by atoms with Gasteiger partial charge in [-0.1, -0.05) is 133 Å². The van der Waals surface area contributed by atoms with Crippen molar-refractivity contribution in [3.8, 4) is 45.5 Å². The molecule has 1 aliphatic carbocycles. The number of nitrogens with one attached hydrogen (secondary N) is 1. The zero-order valence-corrected chi connectivity index (χ0v) is 29.2. The van der Waals surface area contributed by atoms with Crippen LogP contribution in [0.3, 0.4) is 0 Å². The third-order valence-corrected chi connectivity index (χ3v) is 9.04. The van der Waals surface area contributed by atoms with E-state index in [4.69, 9.17) is 4.42 Å². The minimum absolute atomic E-state index is 0.435. The summed E-state index contributed by atoms with van der Waals surface area (Å²) < 4.78 is 6.60. The van der Waals surface area contributed by atoms with Crippen LogP contribution in [0, 0.1) is 35.0 Å². The van der Waals surface area contributed by atoms with Crippen LogP contribution in [0.2, 0.25) is 0 Å². The first-order chi connectivity index (χ1) is 25.6. The number of hydrogen-bond acceptors (Lipinski definition) is 5. The van der Waals surface area contributed by atoms with Gasteiger partial charge in [0.15, 0.2) is 0 Å². The Morgan fingerprint density at radius 3 is 1.81 bits per heavy atom. The lowest BCUT2D eigenvalue weighted by atomic mass is 9.86. The number of rotatable bonds is 5. The number of fused-ring (bicyclic) bond motifs is 3. The highest BCUT2D eigenvalue weighted by molar-refractivity contribution is 6.33. The maximum Gasteiger partial charge on any atom is 0.142 e. The molecule has 0 radical (unpaired) electrons. The minimum atomic E-state index is 0.435. The maximum atomic E-state index is 9.95. The highest BCUT2D eigenvalue weighted by Crippen LogP contribution is 2.44. The van der Waals surface area contributed by atoms with Gasteiger partial charge in [0.05, 0.1) is 29.0 Å². The summed E-state index contributed by atoms with van der Waals surface area (Å²) in [6, 6.07) is 52.4. The second-order valence-electron chi connectivity index (χ2n) is 12.2. The molecule has 8 rings (SSSR count). The predicted octanol–water partition coefficient (Wildman–Crippen LogP) is 11.1. The molecular formula is C47H38N4O. The number of nitriles is 2. The maximum absolute atomic E-state index is 9.95. The van der Waals surface area contributed by atoms with Crippen LogP contribution in [0.4, 0.5) is 0 Å². The van der Waals surface area contributed by atoms with Gasteiger partial charge in [0.2, 0.25) is 0 Å². The summed E-state index contributed by atoms with van der Waals surface area (Å²) in [5.41, 5.74) is 16.1. The second kappa shape index (κ2) is 16.3. The molecule has 0 spiro atoms. The van der Waals surface area contributed by atoms with Crippen molar-refractivity contribution in [3.05, 3.63) is 185 Å². The van der Waals surface area contributed by atoms with Crippen LogP contribution in [-0.4, -0.2) is 12.8 Å². The van der Waals surface area contributed by atoms with Gasteiger partial charge in [-0.05, 0) is 66.9 Å². The number of nitrogens with zero attached hydrogens (tertiary/aromatic N) is 2. The lowest BCUT2D eigenvalue weighted by Crippen LogP contribution is -2.07. The van der Waals surface area contributed by atoms with Crippen LogP contribution in [0.25, 0.3) is 49.9 Å². The van der Waals surface area contributed by atoms with E-state index in [0.717, 1.165) is 74.1 Å². The van der Waals surface area contributed by atoms with Crippen molar-refractivity contribution in [2.24, 2.45) is 5.73 Å². The minimum Gasteiger partial charge on any atom is -0.460 e. The molecule has 0 saturated heterocycles. The fraction of sp³-hybridized carbons (Fsp3) is 0.0851. The van der Waals surface area contributed by atoms with E-state index in [1.54, 1.807) is 6.07 Å². The molecule has 0 saturated carbocycles. The largest absolute Gasteiger partial charge is 0.460 e. The Kier molecular flexibility index (Phi) is 11.0. The van der Waals surface area contributed by atoms with Gasteiger partial charge < -0.3 is 10.2 Å². The van der Waals surface area contributed by atoms with E-state index in [2.05, 4.69) is 73.3 Å². The summed E-state index contributed by atoms with van der Waals surface area (Å²) in [7, 11) is 1.50. The van der Waals surface area contributed by atoms with Gasteiger partial charge in [0, 0.05) is 39.6 Å². The summed E-state index contributed by atoms with van der Waals surface area (Å²) in [5, 5.41) is 30.0.